The number of benzene rings is 1. The molecule has 0 spiro atoms. The third-order valence-electron chi connectivity index (χ3n) is 3.42. The summed E-state index contributed by atoms with van der Waals surface area (Å²) in [5.41, 5.74) is 2.24. The van der Waals surface area contributed by atoms with Crippen LogP contribution in [0.25, 0.3) is 10.9 Å². The lowest BCUT2D eigenvalue weighted by Crippen LogP contribution is -2.14. The van der Waals surface area contributed by atoms with E-state index in [1.165, 1.54) is 5.56 Å². The maximum absolute atomic E-state index is 12.5. The van der Waals surface area contributed by atoms with Crippen LogP contribution in [0.4, 0.5) is 0 Å². The van der Waals surface area contributed by atoms with Crippen LogP contribution in [-0.4, -0.2) is 50.3 Å². The highest BCUT2D eigenvalue weighted by atomic mass is 31.2. The normalized spacial score (nSPS) is 12.3. The second kappa shape index (κ2) is 5.63. The minimum atomic E-state index is -2.35. The first-order valence-electron chi connectivity index (χ1n) is 6.71. The fraction of sp³-hybridized carbons (Fsp3) is 0.467. The fourth-order valence-electron chi connectivity index (χ4n) is 2.33. The van der Waals surface area contributed by atoms with E-state index < -0.39 is 7.29 Å². The van der Waals surface area contributed by atoms with Crippen molar-refractivity contribution in [3.05, 3.63) is 30.0 Å². The van der Waals surface area contributed by atoms with Gasteiger partial charge in [-0.25, -0.2) is 0 Å². The Morgan fingerprint density at radius 1 is 1.30 bits per heavy atom. The number of fused-ring (bicyclic) bond motifs is 1. The minimum absolute atomic E-state index is 0.836. The zero-order valence-electron chi connectivity index (χ0n) is 12.9. The zero-order chi connectivity index (χ0) is 14.9. The zero-order valence-corrected chi connectivity index (χ0v) is 13.8. The molecule has 0 unspecified atom stereocenters. The SMILES string of the molecule is COc1ccc2c(c1)c(CCN(C)C)cn2P(C)(C)=O. The van der Waals surface area contributed by atoms with Crippen LogP contribution in [0.1, 0.15) is 5.56 Å². The molecule has 0 saturated carbocycles. The summed E-state index contributed by atoms with van der Waals surface area (Å²) >= 11 is 0. The van der Waals surface area contributed by atoms with E-state index in [-0.39, 0.29) is 0 Å². The molecule has 4 nitrogen and oxygen atoms in total. The van der Waals surface area contributed by atoms with Gasteiger partial charge in [-0.1, -0.05) is 0 Å². The van der Waals surface area contributed by atoms with Crippen molar-refractivity contribution in [1.29, 1.82) is 0 Å². The van der Waals surface area contributed by atoms with E-state index in [1.54, 1.807) is 20.4 Å². The molecule has 0 N–H and O–H groups in total. The van der Waals surface area contributed by atoms with Crippen LogP contribution in [0.2, 0.25) is 0 Å². The summed E-state index contributed by atoms with van der Waals surface area (Å²) in [6.45, 7) is 4.56. The van der Waals surface area contributed by atoms with Crippen LogP contribution in [-0.2, 0) is 11.0 Å². The number of hydrogen-bond acceptors (Lipinski definition) is 3. The third kappa shape index (κ3) is 3.08. The van der Waals surface area contributed by atoms with E-state index in [4.69, 9.17) is 4.74 Å². The molecule has 20 heavy (non-hydrogen) atoms. The summed E-state index contributed by atoms with van der Waals surface area (Å²) in [5.74, 6) is 0.836. The van der Waals surface area contributed by atoms with Crippen molar-refractivity contribution < 1.29 is 9.30 Å². The third-order valence-corrected chi connectivity index (χ3v) is 4.79. The molecule has 0 aliphatic rings. The summed E-state index contributed by atoms with van der Waals surface area (Å²) < 4.78 is 19.7. The Balaban J connectivity index is 2.57. The van der Waals surface area contributed by atoms with Crippen molar-refractivity contribution >= 4 is 18.2 Å². The predicted molar refractivity (Wildman–Crippen MR) is 85.6 cm³/mol. The van der Waals surface area contributed by atoms with Crippen molar-refractivity contribution in [2.45, 2.75) is 6.42 Å². The first kappa shape index (κ1) is 15.1. The lowest BCUT2D eigenvalue weighted by atomic mass is 10.1. The summed E-state index contributed by atoms with van der Waals surface area (Å²) in [6, 6.07) is 5.95. The number of methoxy groups -OCH3 is 1. The molecule has 0 radical (unpaired) electrons. The van der Waals surface area contributed by atoms with Gasteiger partial charge < -0.3 is 14.2 Å². The molecule has 0 amide bonds. The molecule has 0 atom stereocenters. The molecule has 1 aromatic heterocycles. The van der Waals surface area contributed by atoms with E-state index in [0.29, 0.717) is 0 Å². The molecule has 5 heteroatoms. The summed E-state index contributed by atoms with van der Waals surface area (Å²) in [7, 11) is 3.44. The Hall–Kier alpha value is -1.25. The van der Waals surface area contributed by atoms with Gasteiger partial charge in [-0.2, -0.15) is 0 Å². The molecular weight excluding hydrogens is 271 g/mol. The Morgan fingerprint density at radius 3 is 2.55 bits per heavy atom. The molecule has 0 saturated heterocycles. The number of hydrogen-bond donors (Lipinski definition) is 0. The molecule has 2 rings (SSSR count). The van der Waals surface area contributed by atoms with E-state index in [2.05, 4.69) is 19.0 Å². The fourth-order valence-corrected chi connectivity index (χ4v) is 3.44. The van der Waals surface area contributed by atoms with Crippen LogP contribution in [0, 0.1) is 0 Å². The minimum Gasteiger partial charge on any atom is -0.497 e. The van der Waals surface area contributed by atoms with Crippen LogP contribution in [0.5, 0.6) is 5.75 Å². The monoisotopic (exact) mass is 294 g/mol. The van der Waals surface area contributed by atoms with Gasteiger partial charge in [0.25, 0.3) is 0 Å². The predicted octanol–water partition coefficient (Wildman–Crippen LogP) is 3.14. The van der Waals surface area contributed by atoms with Crippen molar-refractivity contribution in [3.63, 3.8) is 0 Å². The van der Waals surface area contributed by atoms with E-state index >= 15 is 0 Å². The number of likely N-dealkylation sites (N-methyl/N-ethyl adjacent to an activating group) is 1. The van der Waals surface area contributed by atoms with Gasteiger partial charge in [-0.15, -0.1) is 0 Å². The quantitative estimate of drug-likeness (QED) is 0.795. The van der Waals surface area contributed by atoms with Crippen LogP contribution < -0.4 is 4.74 Å². The average molecular weight is 294 g/mol. The smallest absolute Gasteiger partial charge is 0.170 e. The van der Waals surface area contributed by atoms with E-state index in [9.17, 15) is 4.57 Å². The molecule has 0 aliphatic heterocycles. The molecule has 0 bridgehead atoms. The van der Waals surface area contributed by atoms with Gasteiger partial charge in [0.15, 0.2) is 7.29 Å². The molecule has 0 aliphatic carbocycles. The van der Waals surface area contributed by atoms with Crippen LogP contribution in [0.15, 0.2) is 24.4 Å². The Labute approximate surface area is 120 Å². The maximum Gasteiger partial charge on any atom is 0.170 e. The average Bonchev–Trinajstić information content (AvgIpc) is 2.74. The van der Waals surface area contributed by atoms with Gasteiger partial charge in [-0.3, -0.25) is 4.34 Å². The first-order chi connectivity index (χ1) is 9.32. The van der Waals surface area contributed by atoms with E-state index in [1.807, 2.05) is 28.7 Å². The second-order valence-corrected chi connectivity index (χ2v) is 8.75. The van der Waals surface area contributed by atoms with Crippen LogP contribution in [0.3, 0.4) is 0 Å². The van der Waals surface area contributed by atoms with Crippen molar-refractivity contribution in [1.82, 2.24) is 9.24 Å². The Morgan fingerprint density at radius 2 is 2.00 bits per heavy atom. The Kier molecular flexibility index (Phi) is 4.26. The van der Waals surface area contributed by atoms with Gasteiger partial charge in [-0.05, 0) is 44.3 Å². The summed E-state index contributed by atoms with van der Waals surface area (Å²) in [5, 5.41) is 1.13. The lowest BCUT2D eigenvalue weighted by Gasteiger charge is -2.10. The number of nitrogens with zero attached hydrogens (tertiary/aromatic N) is 2. The highest BCUT2D eigenvalue weighted by molar-refractivity contribution is 7.61. The molecule has 0 fully saturated rings. The number of ether oxygens (including phenoxy) is 1. The Bertz CT molecular complexity index is 655. The molecular formula is C15H23N2O2P. The van der Waals surface area contributed by atoms with Gasteiger partial charge in [0.05, 0.1) is 12.6 Å². The highest BCUT2D eigenvalue weighted by Gasteiger charge is 2.17. The number of aromatic nitrogens is 1. The van der Waals surface area contributed by atoms with Gasteiger partial charge in [0, 0.05) is 31.5 Å². The highest BCUT2D eigenvalue weighted by Crippen LogP contribution is 2.43. The molecule has 1 aromatic carbocycles. The first-order valence-corrected chi connectivity index (χ1v) is 9.27. The molecule has 110 valence electrons. The van der Waals surface area contributed by atoms with Crippen molar-refractivity contribution in [2.24, 2.45) is 0 Å². The largest absolute Gasteiger partial charge is 0.497 e. The molecule has 2 aromatic rings. The topological polar surface area (TPSA) is 34.5 Å². The molecule has 1 heterocycles. The second-order valence-electron chi connectivity index (χ2n) is 5.73. The van der Waals surface area contributed by atoms with Crippen molar-refractivity contribution in [2.75, 3.05) is 41.1 Å². The van der Waals surface area contributed by atoms with Crippen molar-refractivity contribution in [3.8, 4) is 5.75 Å². The maximum atomic E-state index is 12.5. The summed E-state index contributed by atoms with van der Waals surface area (Å²) in [6.07, 6.45) is 2.97. The van der Waals surface area contributed by atoms with Gasteiger partial charge in [0.2, 0.25) is 0 Å². The summed E-state index contributed by atoms with van der Waals surface area (Å²) in [4.78, 5) is 2.15. The standard InChI is InChI=1S/C15H23N2O2P/c1-16(2)9-8-12-11-17(20(4,5)18)15-7-6-13(19-3)10-14(12)15/h6-7,10-11H,8-9H2,1-5H3. The lowest BCUT2D eigenvalue weighted by molar-refractivity contribution is 0.413. The van der Waals surface area contributed by atoms with Crippen LogP contribution >= 0.6 is 7.29 Å². The number of rotatable bonds is 5. The van der Waals surface area contributed by atoms with E-state index in [0.717, 1.165) is 29.6 Å². The van der Waals surface area contributed by atoms with Gasteiger partial charge >= 0.3 is 0 Å². The van der Waals surface area contributed by atoms with Gasteiger partial charge in [0.1, 0.15) is 5.75 Å².